The molecule has 0 radical (unpaired) electrons. The number of aromatic nitrogens is 1. The van der Waals surface area contributed by atoms with Crippen molar-refractivity contribution < 1.29 is 14.6 Å². The maximum atomic E-state index is 12.6. The molecular formula is C21H26N2O3. The Balaban J connectivity index is 1.59. The minimum absolute atomic E-state index is 0.0294. The average Bonchev–Trinajstić information content (AvgIpc) is 2.85. The van der Waals surface area contributed by atoms with Crippen LogP contribution in [0.1, 0.15) is 52.0 Å². The third kappa shape index (κ3) is 3.05. The second-order valence-corrected chi connectivity index (χ2v) is 8.65. The van der Waals surface area contributed by atoms with E-state index in [4.69, 9.17) is 4.74 Å². The Bertz CT molecular complexity index is 829. The van der Waals surface area contributed by atoms with Gasteiger partial charge in [0.2, 0.25) is 0 Å². The van der Waals surface area contributed by atoms with Crippen LogP contribution in [0.3, 0.4) is 0 Å². The van der Waals surface area contributed by atoms with Gasteiger partial charge in [0.05, 0.1) is 5.60 Å². The van der Waals surface area contributed by atoms with Crippen molar-refractivity contribution >= 4 is 16.9 Å². The number of carbonyl (C=O) groups is 1. The number of rotatable bonds is 1. The van der Waals surface area contributed by atoms with E-state index in [1.807, 2.05) is 50.1 Å². The van der Waals surface area contributed by atoms with Crippen molar-refractivity contribution in [3.63, 3.8) is 0 Å². The van der Waals surface area contributed by atoms with Crippen LogP contribution in [0.4, 0.5) is 4.79 Å². The number of nitrogens with zero attached hydrogens (tertiary/aromatic N) is 2. The summed E-state index contributed by atoms with van der Waals surface area (Å²) >= 11 is 0. The van der Waals surface area contributed by atoms with Crippen molar-refractivity contribution in [3.05, 3.63) is 42.2 Å². The number of pyridine rings is 1. The molecular weight excluding hydrogens is 328 g/mol. The molecule has 2 fully saturated rings. The van der Waals surface area contributed by atoms with Gasteiger partial charge in [0.1, 0.15) is 5.60 Å². The summed E-state index contributed by atoms with van der Waals surface area (Å²) in [5.41, 5.74) is -0.477. The molecule has 4 rings (SSSR count). The number of carbonyl (C=O) groups excluding carboxylic acids is 1. The van der Waals surface area contributed by atoms with Gasteiger partial charge in [0.25, 0.3) is 0 Å². The molecule has 138 valence electrons. The lowest BCUT2D eigenvalue weighted by Gasteiger charge is -2.44. The van der Waals surface area contributed by atoms with E-state index >= 15 is 0 Å². The second-order valence-electron chi connectivity index (χ2n) is 8.65. The Labute approximate surface area is 154 Å². The topological polar surface area (TPSA) is 62.7 Å². The van der Waals surface area contributed by atoms with Gasteiger partial charge in [-0.15, -0.1) is 0 Å². The number of hydrogen-bond donors (Lipinski definition) is 1. The van der Waals surface area contributed by atoms with Crippen molar-refractivity contribution in [1.82, 2.24) is 9.88 Å². The maximum absolute atomic E-state index is 12.6. The van der Waals surface area contributed by atoms with Gasteiger partial charge in [-0.2, -0.15) is 0 Å². The zero-order valence-electron chi connectivity index (χ0n) is 15.6. The molecule has 5 nitrogen and oxygen atoms in total. The number of piperidine rings is 1. The van der Waals surface area contributed by atoms with E-state index in [1.165, 1.54) is 0 Å². The molecule has 2 saturated heterocycles. The van der Waals surface area contributed by atoms with E-state index in [1.54, 1.807) is 6.20 Å². The summed E-state index contributed by atoms with van der Waals surface area (Å²) in [5.74, 6) is 0. The quantitative estimate of drug-likeness (QED) is 0.841. The van der Waals surface area contributed by atoms with Crippen molar-refractivity contribution in [2.45, 2.75) is 69.7 Å². The number of amides is 1. The Morgan fingerprint density at radius 1 is 1.19 bits per heavy atom. The highest BCUT2D eigenvalue weighted by Crippen LogP contribution is 2.46. The standard InChI is InChI=1S/C21H26N2O3/c1-20(2,3)26-19(24)23-17-6-7-18(23)12-21(25,11-17)16-5-4-15-13-22-9-8-14(15)10-16/h4-5,8-10,13,17-18,25H,6-7,11-12H2,1-3H3. The molecule has 2 atom stereocenters. The predicted molar refractivity (Wildman–Crippen MR) is 99.8 cm³/mol. The van der Waals surface area contributed by atoms with Crippen LogP contribution in [0.15, 0.2) is 36.7 Å². The zero-order valence-corrected chi connectivity index (χ0v) is 15.6. The third-order valence-corrected chi connectivity index (χ3v) is 5.55. The van der Waals surface area contributed by atoms with Gasteiger partial charge < -0.3 is 14.7 Å². The van der Waals surface area contributed by atoms with Crippen molar-refractivity contribution in [1.29, 1.82) is 0 Å². The summed E-state index contributed by atoms with van der Waals surface area (Å²) in [7, 11) is 0. The number of aliphatic hydroxyl groups is 1. The lowest BCUT2D eigenvalue weighted by molar-refractivity contribution is -0.0623. The van der Waals surface area contributed by atoms with Crippen LogP contribution in [0.25, 0.3) is 10.8 Å². The average molecular weight is 354 g/mol. The van der Waals surface area contributed by atoms with Crippen LogP contribution in [0, 0.1) is 0 Å². The van der Waals surface area contributed by atoms with E-state index in [0.29, 0.717) is 12.8 Å². The minimum Gasteiger partial charge on any atom is -0.444 e. The van der Waals surface area contributed by atoms with Gasteiger partial charge in [-0.1, -0.05) is 12.1 Å². The van der Waals surface area contributed by atoms with E-state index < -0.39 is 11.2 Å². The van der Waals surface area contributed by atoms with E-state index in [2.05, 4.69) is 11.1 Å². The number of ether oxygens (including phenoxy) is 1. The third-order valence-electron chi connectivity index (χ3n) is 5.55. The molecule has 2 unspecified atom stereocenters. The Morgan fingerprint density at radius 3 is 2.54 bits per heavy atom. The zero-order chi connectivity index (χ0) is 18.5. The second kappa shape index (κ2) is 5.95. The maximum Gasteiger partial charge on any atom is 0.410 e. The molecule has 1 amide bonds. The predicted octanol–water partition coefficient (Wildman–Crippen LogP) is 3.98. The van der Waals surface area contributed by atoms with Crippen LogP contribution < -0.4 is 0 Å². The van der Waals surface area contributed by atoms with E-state index in [0.717, 1.165) is 29.2 Å². The fourth-order valence-corrected chi connectivity index (χ4v) is 4.45. The molecule has 5 heteroatoms. The Morgan fingerprint density at radius 2 is 1.88 bits per heavy atom. The van der Waals surface area contributed by atoms with Gasteiger partial charge in [0.15, 0.2) is 0 Å². The molecule has 26 heavy (non-hydrogen) atoms. The number of hydrogen-bond acceptors (Lipinski definition) is 4. The smallest absolute Gasteiger partial charge is 0.410 e. The van der Waals surface area contributed by atoms with Gasteiger partial charge in [-0.05, 0) is 56.7 Å². The highest BCUT2D eigenvalue weighted by molar-refractivity contribution is 5.82. The molecule has 0 saturated carbocycles. The first-order valence-electron chi connectivity index (χ1n) is 9.33. The molecule has 0 aliphatic carbocycles. The molecule has 1 N–H and O–H groups in total. The van der Waals surface area contributed by atoms with E-state index in [9.17, 15) is 9.90 Å². The summed E-state index contributed by atoms with van der Waals surface area (Å²) in [4.78, 5) is 18.6. The first kappa shape index (κ1) is 17.3. The van der Waals surface area contributed by atoms with Crippen LogP contribution in [-0.2, 0) is 10.3 Å². The number of fused-ring (bicyclic) bond motifs is 3. The van der Waals surface area contributed by atoms with Gasteiger partial charge in [-0.3, -0.25) is 4.98 Å². The number of benzene rings is 1. The fraction of sp³-hybridized carbons (Fsp3) is 0.524. The van der Waals surface area contributed by atoms with E-state index in [-0.39, 0.29) is 18.2 Å². The van der Waals surface area contributed by atoms with Crippen LogP contribution in [-0.4, -0.2) is 38.8 Å². The van der Waals surface area contributed by atoms with Crippen LogP contribution >= 0.6 is 0 Å². The molecule has 3 heterocycles. The first-order valence-corrected chi connectivity index (χ1v) is 9.33. The first-order chi connectivity index (χ1) is 12.3. The van der Waals surface area contributed by atoms with Gasteiger partial charge in [-0.25, -0.2) is 4.79 Å². The summed E-state index contributed by atoms with van der Waals surface area (Å²) in [6, 6.07) is 8.08. The monoisotopic (exact) mass is 354 g/mol. The Hall–Kier alpha value is -2.14. The van der Waals surface area contributed by atoms with Crippen molar-refractivity contribution in [3.8, 4) is 0 Å². The molecule has 2 aliphatic rings. The summed E-state index contributed by atoms with van der Waals surface area (Å²) in [6.45, 7) is 5.66. The Kier molecular flexibility index (Phi) is 3.95. The van der Waals surface area contributed by atoms with Crippen molar-refractivity contribution in [2.24, 2.45) is 0 Å². The highest BCUT2D eigenvalue weighted by atomic mass is 16.6. The lowest BCUT2D eigenvalue weighted by atomic mass is 9.80. The molecule has 2 bridgehead atoms. The lowest BCUT2D eigenvalue weighted by Crippen LogP contribution is -2.53. The largest absolute Gasteiger partial charge is 0.444 e. The minimum atomic E-state index is -0.901. The highest BCUT2D eigenvalue weighted by Gasteiger charge is 2.51. The summed E-state index contributed by atoms with van der Waals surface area (Å²) in [5, 5.41) is 13.6. The molecule has 2 aliphatic heterocycles. The molecule has 2 aromatic rings. The summed E-state index contributed by atoms with van der Waals surface area (Å²) < 4.78 is 5.59. The molecule has 0 spiro atoms. The van der Waals surface area contributed by atoms with Gasteiger partial charge in [0, 0.05) is 42.7 Å². The SMILES string of the molecule is CC(C)(C)OC(=O)N1C2CCC1CC(O)(c1ccc3cnccc3c1)C2. The van der Waals surface area contributed by atoms with Crippen LogP contribution in [0.2, 0.25) is 0 Å². The van der Waals surface area contributed by atoms with Gasteiger partial charge >= 0.3 is 6.09 Å². The van der Waals surface area contributed by atoms with Crippen LogP contribution in [0.5, 0.6) is 0 Å². The van der Waals surface area contributed by atoms with Crippen molar-refractivity contribution in [2.75, 3.05) is 0 Å². The normalized spacial score (nSPS) is 28.4. The molecule has 1 aromatic carbocycles. The fourth-order valence-electron chi connectivity index (χ4n) is 4.45. The molecule has 1 aromatic heterocycles. The summed E-state index contributed by atoms with van der Waals surface area (Å²) in [6.07, 6.45) is 6.30.